The maximum Gasteiger partial charge on any atom is 0.184 e. The van der Waals surface area contributed by atoms with Crippen LogP contribution < -0.4 is 0 Å². The van der Waals surface area contributed by atoms with Crippen LogP contribution in [0.5, 0.6) is 0 Å². The summed E-state index contributed by atoms with van der Waals surface area (Å²) >= 11 is 10.3. The van der Waals surface area contributed by atoms with Crippen molar-refractivity contribution in [3.05, 3.63) is 28.2 Å². The molecule has 1 aromatic heterocycles. The highest BCUT2D eigenvalue weighted by Crippen LogP contribution is 2.29. The summed E-state index contributed by atoms with van der Waals surface area (Å²) in [5, 5.41) is 19.7. The number of benzene rings is 1. The van der Waals surface area contributed by atoms with Gasteiger partial charge in [0.15, 0.2) is 4.47 Å². The molecule has 0 saturated heterocycles. The molecule has 1 aromatic carbocycles. The number of alkyl halides is 1. The average Bonchev–Trinajstić information content (AvgIpc) is 2.65. The second kappa shape index (κ2) is 4.98. The Hall–Kier alpha value is -0.200. The van der Waals surface area contributed by atoms with Crippen LogP contribution in [0.3, 0.4) is 0 Å². The fourth-order valence-corrected chi connectivity index (χ4v) is 2.84. The third-order valence-electron chi connectivity index (χ3n) is 2.25. The molecule has 0 amide bonds. The van der Waals surface area contributed by atoms with Crippen LogP contribution in [-0.2, 0) is 0 Å². The summed E-state index contributed by atoms with van der Waals surface area (Å²) < 4.78 is 1.38. The van der Waals surface area contributed by atoms with Crippen LogP contribution in [0.25, 0.3) is 10.2 Å². The van der Waals surface area contributed by atoms with Gasteiger partial charge in [-0.25, -0.2) is 4.98 Å². The van der Waals surface area contributed by atoms with Gasteiger partial charge in [0.05, 0.1) is 16.3 Å². The maximum atomic E-state index is 9.83. The first-order chi connectivity index (χ1) is 7.61. The molecule has 2 rings (SSSR count). The summed E-state index contributed by atoms with van der Waals surface area (Å²) in [7, 11) is 0. The summed E-state index contributed by atoms with van der Waals surface area (Å²) in [4.78, 5) is 4.11. The molecule has 0 aliphatic carbocycles. The number of nitrogens with zero attached hydrogens (tertiary/aromatic N) is 1. The van der Waals surface area contributed by atoms with Crippen molar-refractivity contribution in [2.45, 2.75) is 12.2 Å². The molecule has 3 nitrogen and oxygen atoms in total. The van der Waals surface area contributed by atoms with Crippen LogP contribution in [0.15, 0.2) is 18.2 Å². The van der Waals surface area contributed by atoms with E-state index in [0.29, 0.717) is 15.4 Å². The molecule has 1 heterocycles. The molecule has 6 heteroatoms. The zero-order valence-electron chi connectivity index (χ0n) is 8.10. The van der Waals surface area contributed by atoms with Gasteiger partial charge in [-0.15, -0.1) is 11.3 Å². The highest BCUT2D eigenvalue weighted by molar-refractivity contribution is 9.09. The van der Waals surface area contributed by atoms with E-state index in [1.54, 1.807) is 18.2 Å². The predicted octanol–water partition coefficient (Wildman–Crippen LogP) is 2.74. The smallest absolute Gasteiger partial charge is 0.184 e. The standard InChI is InChI=1S/C10H9BrClNO2S/c11-4-7(14)9(15)5-1-2-6-8(3-5)16-10(12)13-6/h1-3,7,9,14-15H,4H2. The van der Waals surface area contributed by atoms with Crippen molar-refractivity contribution in [3.63, 3.8) is 0 Å². The van der Waals surface area contributed by atoms with Gasteiger partial charge in [-0.05, 0) is 17.7 Å². The van der Waals surface area contributed by atoms with E-state index in [1.807, 2.05) is 0 Å². The van der Waals surface area contributed by atoms with E-state index in [0.717, 1.165) is 10.2 Å². The third-order valence-corrected chi connectivity index (χ3v) is 4.04. The van der Waals surface area contributed by atoms with Crippen molar-refractivity contribution in [2.75, 3.05) is 5.33 Å². The molecular formula is C10H9BrClNO2S. The van der Waals surface area contributed by atoms with Gasteiger partial charge in [0.25, 0.3) is 0 Å². The Balaban J connectivity index is 2.38. The number of hydrogen-bond donors (Lipinski definition) is 2. The zero-order valence-corrected chi connectivity index (χ0v) is 11.3. The average molecular weight is 323 g/mol. The minimum absolute atomic E-state index is 0.329. The van der Waals surface area contributed by atoms with Gasteiger partial charge in [-0.3, -0.25) is 0 Å². The molecule has 2 N–H and O–H groups in total. The highest BCUT2D eigenvalue weighted by Gasteiger charge is 2.17. The molecule has 86 valence electrons. The molecule has 0 saturated carbocycles. The lowest BCUT2D eigenvalue weighted by molar-refractivity contribution is 0.0343. The summed E-state index contributed by atoms with van der Waals surface area (Å²) in [6, 6.07) is 5.33. The van der Waals surface area contributed by atoms with E-state index in [1.165, 1.54) is 11.3 Å². The largest absolute Gasteiger partial charge is 0.389 e. The number of aliphatic hydroxyl groups is 2. The first-order valence-electron chi connectivity index (χ1n) is 4.60. The number of thiazole rings is 1. The Kier molecular flexibility index (Phi) is 3.81. The molecule has 16 heavy (non-hydrogen) atoms. The number of hydrogen-bond acceptors (Lipinski definition) is 4. The summed E-state index contributed by atoms with van der Waals surface area (Å²) in [5.74, 6) is 0. The number of rotatable bonds is 3. The normalized spacial score (nSPS) is 15.2. The van der Waals surface area contributed by atoms with Gasteiger partial charge in [0.1, 0.15) is 6.10 Å². The first kappa shape index (κ1) is 12.3. The Labute approximate surface area is 110 Å². The predicted molar refractivity (Wildman–Crippen MR) is 69.4 cm³/mol. The molecule has 0 aliphatic heterocycles. The monoisotopic (exact) mass is 321 g/mol. The fourth-order valence-electron chi connectivity index (χ4n) is 1.40. The zero-order chi connectivity index (χ0) is 11.7. The number of aromatic nitrogens is 1. The van der Waals surface area contributed by atoms with Gasteiger partial charge in [-0.2, -0.15) is 0 Å². The molecule has 2 aromatic rings. The quantitative estimate of drug-likeness (QED) is 0.854. The van der Waals surface area contributed by atoms with Crippen molar-refractivity contribution < 1.29 is 10.2 Å². The Morgan fingerprint density at radius 2 is 2.19 bits per heavy atom. The number of fused-ring (bicyclic) bond motifs is 1. The minimum atomic E-state index is -0.898. The van der Waals surface area contributed by atoms with E-state index >= 15 is 0 Å². The summed E-state index contributed by atoms with van der Waals surface area (Å²) in [6.07, 6.45) is -1.72. The minimum Gasteiger partial charge on any atom is -0.389 e. The van der Waals surface area contributed by atoms with Crippen molar-refractivity contribution in [2.24, 2.45) is 0 Å². The SMILES string of the molecule is OC(CBr)C(O)c1ccc2nc(Cl)sc2c1. The molecule has 0 aliphatic rings. The van der Waals surface area contributed by atoms with Crippen LogP contribution in [0.4, 0.5) is 0 Å². The van der Waals surface area contributed by atoms with Gasteiger partial charge < -0.3 is 10.2 Å². The number of aliphatic hydroxyl groups excluding tert-OH is 2. The topological polar surface area (TPSA) is 53.4 Å². The lowest BCUT2D eigenvalue weighted by Crippen LogP contribution is -2.19. The molecule has 0 fully saturated rings. The summed E-state index contributed by atoms with van der Waals surface area (Å²) in [5.41, 5.74) is 1.47. The van der Waals surface area contributed by atoms with E-state index in [9.17, 15) is 10.2 Å². The van der Waals surface area contributed by atoms with E-state index in [4.69, 9.17) is 11.6 Å². The van der Waals surface area contributed by atoms with Gasteiger partial charge in [-0.1, -0.05) is 33.6 Å². The molecule has 0 spiro atoms. The molecule has 2 unspecified atom stereocenters. The number of halogens is 2. The second-order valence-electron chi connectivity index (χ2n) is 3.36. The van der Waals surface area contributed by atoms with Gasteiger partial charge in [0, 0.05) is 5.33 Å². The van der Waals surface area contributed by atoms with Crippen LogP contribution >= 0.6 is 38.9 Å². The fraction of sp³-hybridized carbons (Fsp3) is 0.300. The first-order valence-corrected chi connectivity index (χ1v) is 6.91. The van der Waals surface area contributed by atoms with Crippen LogP contribution in [0.1, 0.15) is 11.7 Å². The lowest BCUT2D eigenvalue weighted by atomic mass is 10.1. The van der Waals surface area contributed by atoms with E-state index in [-0.39, 0.29) is 0 Å². The lowest BCUT2D eigenvalue weighted by Gasteiger charge is -2.15. The van der Waals surface area contributed by atoms with Crippen LogP contribution in [0.2, 0.25) is 4.47 Å². The molecule has 0 bridgehead atoms. The van der Waals surface area contributed by atoms with Crippen LogP contribution in [0, 0.1) is 0 Å². The van der Waals surface area contributed by atoms with Crippen molar-refractivity contribution >= 4 is 49.1 Å². The highest BCUT2D eigenvalue weighted by atomic mass is 79.9. The van der Waals surface area contributed by atoms with Crippen LogP contribution in [-0.4, -0.2) is 26.6 Å². The van der Waals surface area contributed by atoms with Gasteiger partial charge in [0.2, 0.25) is 0 Å². The maximum absolute atomic E-state index is 9.83. The van der Waals surface area contributed by atoms with Crippen molar-refractivity contribution in [1.29, 1.82) is 0 Å². The molecule has 0 radical (unpaired) electrons. The van der Waals surface area contributed by atoms with E-state index < -0.39 is 12.2 Å². The van der Waals surface area contributed by atoms with E-state index in [2.05, 4.69) is 20.9 Å². The molecule has 2 atom stereocenters. The Bertz CT molecular complexity index is 505. The van der Waals surface area contributed by atoms with Gasteiger partial charge >= 0.3 is 0 Å². The Morgan fingerprint density at radius 1 is 1.44 bits per heavy atom. The second-order valence-corrected chi connectivity index (χ2v) is 5.62. The Morgan fingerprint density at radius 3 is 2.88 bits per heavy atom. The third kappa shape index (κ3) is 2.38. The molecular weight excluding hydrogens is 314 g/mol. The van der Waals surface area contributed by atoms with Crippen molar-refractivity contribution in [1.82, 2.24) is 4.98 Å². The summed E-state index contributed by atoms with van der Waals surface area (Å²) in [6.45, 7) is 0. The van der Waals surface area contributed by atoms with Crippen molar-refractivity contribution in [3.8, 4) is 0 Å².